The SMILES string of the molecule is CCCCCCCC/C=C\CCCCCCCC(=O)OC(O)C(O)CCl. The zero-order chi connectivity index (χ0) is 19.5. The quantitative estimate of drug-likeness (QED) is 0.107. The molecular weight excluding hydrogens is 352 g/mol. The molecule has 0 fully saturated rings. The summed E-state index contributed by atoms with van der Waals surface area (Å²) in [6.07, 6.45) is 17.8. The highest BCUT2D eigenvalue weighted by Gasteiger charge is 2.19. The lowest BCUT2D eigenvalue weighted by molar-refractivity contribution is -0.184. The Morgan fingerprint density at radius 1 is 0.885 bits per heavy atom. The largest absolute Gasteiger partial charge is 0.433 e. The van der Waals surface area contributed by atoms with Gasteiger partial charge in [0.2, 0.25) is 6.29 Å². The number of carbonyl (C=O) groups excluding carboxylic acids is 1. The predicted octanol–water partition coefficient (Wildman–Crippen LogP) is 5.49. The van der Waals surface area contributed by atoms with Gasteiger partial charge in [-0.25, -0.2) is 0 Å². The van der Waals surface area contributed by atoms with E-state index in [1.54, 1.807) is 0 Å². The summed E-state index contributed by atoms with van der Waals surface area (Å²) in [5.74, 6) is -0.652. The molecular formula is C21H39ClO4. The van der Waals surface area contributed by atoms with Crippen LogP contribution in [0.1, 0.15) is 96.8 Å². The van der Waals surface area contributed by atoms with Crippen LogP contribution in [-0.2, 0) is 9.53 Å². The van der Waals surface area contributed by atoms with Crippen molar-refractivity contribution < 1.29 is 19.7 Å². The van der Waals surface area contributed by atoms with Crippen molar-refractivity contribution in [2.75, 3.05) is 5.88 Å². The number of aliphatic hydroxyl groups is 2. The molecule has 2 N–H and O–H groups in total. The Morgan fingerprint density at radius 2 is 1.38 bits per heavy atom. The van der Waals surface area contributed by atoms with Crippen molar-refractivity contribution in [1.82, 2.24) is 0 Å². The molecule has 0 spiro atoms. The fourth-order valence-corrected chi connectivity index (χ4v) is 2.84. The first-order valence-corrected chi connectivity index (χ1v) is 10.9. The van der Waals surface area contributed by atoms with Crippen molar-refractivity contribution >= 4 is 17.6 Å². The molecule has 0 saturated heterocycles. The van der Waals surface area contributed by atoms with Crippen LogP contribution in [-0.4, -0.2) is 34.5 Å². The molecule has 154 valence electrons. The number of carbonyl (C=O) groups is 1. The van der Waals surface area contributed by atoms with Gasteiger partial charge in [-0.15, -0.1) is 11.6 Å². The van der Waals surface area contributed by atoms with E-state index in [0.29, 0.717) is 0 Å². The van der Waals surface area contributed by atoms with Gasteiger partial charge in [0, 0.05) is 6.42 Å². The smallest absolute Gasteiger partial charge is 0.308 e. The average molecular weight is 391 g/mol. The van der Waals surface area contributed by atoms with Gasteiger partial charge in [-0.1, -0.05) is 70.4 Å². The third-order valence-electron chi connectivity index (χ3n) is 4.38. The van der Waals surface area contributed by atoms with Crippen LogP contribution in [0.4, 0.5) is 0 Å². The summed E-state index contributed by atoms with van der Waals surface area (Å²) in [4.78, 5) is 11.5. The molecule has 0 amide bonds. The highest BCUT2D eigenvalue weighted by atomic mass is 35.5. The number of hydrogen-bond donors (Lipinski definition) is 2. The van der Waals surface area contributed by atoms with Crippen molar-refractivity contribution in [2.45, 2.75) is 109 Å². The van der Waals surface area contributed by atoms with E-state index in [1.807, 2.05) is 0 Å². The lowest BCUT2D eigenvalue weighted by Crippen LogP contribution is -2.32. The number of esters is 1. The van der Waals surface area contributed by atoms with Gasteiger partial charge in [-0.05, 0) is 32.1 Å². The second kappa shape index (κ2) is 19.2. The lowest BCUT2D eigenvalue weighted by Gasteiger charge is -2.15. The van der Waals surface area contributed by atoms with Gasteiger partial charge in [0.15, 0.2) is 0 Å². The third kappa shape index (κ3) is 16.9. The molecule has 0 aromatic heterocycles. The summed E-state index contributed by atoms with van der Waals surface area (Å²) >= 11 is 5.37. The molecule has 2 atom stereocenters. The van der Waals surface area contributed by atoms with Gasteiger partial charge < -0.3 is 14.9 Å². The van der Waals surface area contributed by atoms with Crippen molar-refractivity contribution in [3.63, 3.8) is 0 Å². The first-order chi connectivity index (χ1) is 12.6. The number of hydrogen-bond acceptors (Lipinski definition) is 4. The summed E-state index contributed by atoms with van der Waals surface area (Å²) in [7, 11) is 0. The van der Waals surface area contributed by atoms with Crippen molar-refractivity contribution in [3.8, 4) is 0 Å². The van der Waals surface area contributed by atoms with E-state index in [4.69, 9.17) is 16.3 Å². The fraction of sp³-hybridized carbons (Fsp3) is 0.857. The van der Waals surface area contributed by atoms with Crippen LogP contribution in [0.5, 0.6) is 0 Å². The molecule has 4 nitrogen and oxygen atoms in total. The van der Waals surface area contributed by atoms with E-state index in [0.717, 1.165) is 25.7 Å². The first kappa shape index (κ1) is 25.4. The second-order valence-corrected chi connectivity index (χ2v) is 7.24. The Morgan fingerprint density at radius 3 is 1.92 bits per heavy atom. The number of aliphatic hydroxyl groups excluding tert-OH is 2. The molecule has 0 rings (SSSR count). The van der Waals surface area contributed by atoms with Gasteiger partial charge in [-0.2, -0.15) is 0 Å². The summed E-state index contributed by atoms with van der Waals surface area (Å²) in [5.41, 5.74) is 0. The zero-order valence-electron chi connectivity index (χ0n) is 16.5. The highest BCUT2D eigenvalue weighted by Crippen LogP contribution is 2.10. The number of alkyl halides is 1. The van der Waals surface area contributed by atoms with Gasteiger partial charge >= 0.3 is 5.97 Å². The van der Waals surface area contributed by atoms with Crippen molar-refractivity contribution in [3.05, 3.63) is 12.2 Å². The normalized spacial score (nSPS) is 13.8. The van der Waals surface area contributed by atoms with E-state index in [1.165, 1.54) is 57.8 Å². The minimum atomic E-state index is -1.52. The molecule has 0 aliphatic rings. The predicted molar refractivity (Wildman–Crippen MR) is 108 cm³/mol. The summed E-state index contributed by atoms with van der Waals surface area (Å²) in [6.45, 7) is 2.25. The molecule has 0 radical (unpaired) electrons. The van der Waals surface area contributed by atoms with E-state index in [9.17, 15) is 15.0 Å². The van der Waals surface area contributed by atoms with Crippen molar-refractivity contribution in [2.24, 2.45) is 0 Å². The molecule has 0 aliphatic carbocycles. The van der Waals surface area contributed by atoms with Crippen LogP contribution in [0.3, 0.4) is 0 Å². The Labute approximate surface area is 165 Å². The lowest BCUT2D eigenvalue weighted by atomic mass is 10.1. The molecule has 0 aromatic rings. The molecule has 0 saturated carbocycles. The Bertz CT molecular complexity index is 347. The number of halogens is 1. The summed E-state index contributed by atoms with van der Waals surface area (Å²) in [6, 6.07) is 0. The molecule has 0 heterocycles. The monoisotopic (exact) mass is 390 g/mol. The van der Waals surface area contributed by atoms with E-state index >= 15 is 0 Å². The van der Waals surface area contributed by atoms with E-state index in [-0.39, 0.29) is 12.3 Å². The fourth-order valence-electron chi connectivity index (χ4n) is 2.69. The van der Waals surface area contributed by atoms with Gasteiger partial charge in [0.25, 0.3) is 0 Å². The van der Waals surface area contributed by atoms with Crippen LogP contribution >= 0.6 is 11.6 Å². The van der Waals surface area contributed by atoms with E-state index in [2.05, 4.69) is 19.1 Å². The van der Waals surface area contributed by atoms with Gasteiger partial charge in [0.1, 0.15) is 6.10 Å². The number of rotatable bonds is 18. The highest BCUT2D eigenvalue weighted by molar-refractivity contribution is 6.18. The number of ether oxygens (including phenoxy) is 1. The van der Waals surface area contributed by atoms with Crippen LogP contribution in [0.25, 0.3) is 0 Å². The third-order valence-corrected chi connectivity index (χ3v) is 4.70. The maximum absolute atomic E-state index is 11.5. The zero-order valence-corrected chi connectivity index (χ0v) is 17.3. The molecule has 5 heteroatoms. The minimum absolute atomic E-state index is 0.165. The second-order valence-electron chi connectivity index (χ2n) is 6.94. The summed E-state index contributed by atoms with van der Waals surface area (Å²) < 4.78 is 4.70. The molecule has 0 aliphatic heterocycles. The number of unbranched alkanes of at least 4 members (excludes halogenated alkanes) is 11. The number of allylic oxidation sites excluding steroid dienone is 2. The average Bonchev–Trinajstić information content (AvgIpc) is 2.64. The molecule has 26 heavy (non-hydrogen) atoms. The van der Waals surface area contributed by atoms with Crippen molar-refractivity contribution in [1.29, 1.82) is 0 Å². The van der Waals surface area contributed by atoms with Crippen LogP contribution in [0.2, 0.25) is 0 Å². The minimum Gasteiger partial charge on any atom is -0.433 e. The van der Waals surface area contributed by atoms with Crippen LogP contribution in [0, 0.1) is 0 Å². The maximum Gasteiger partial charge on any atom is 0.308 e. The van der Waals surface area contributed by atoms with Crippen LogP contribution in [0.15, 0.2) is 12.2 Å². The molecule has 0 bridgehead atoms. The summed E-state index contributed by atoms with van der Waals surface area (Å²) in [5, 5.41) is 18.5. The van der Waals surface area contributed by atoms with Gasteiger partial charge in [-0.3, -0.25) is 4.79 Å². The standard InChI is InChI=1S/C21H39ClO4/c1-2-3-4-5-6-7-8-9-10-11-12-13-14-15-16-17-20(24)26-21(25)19(23)18-22/h9-10,19,21,23,25H,2-8,11-18H2,1H3/b10-9-. The van der Waals surface area contributed by atoms with E-state index < -0.39 is 18.4 Å². The van der Waals surface area contributed by atoms with Gasteiger partial charge in [0.05, 0.1) is 5.88 Å². The van der Waals surface area contributed by atoms with Crippen LogP contribution < -0.4 is 0 Å². The first-order valence-electron chi connectivity index (χ1n) is 10.4. The molecule has 0 aromatic carbocycles. The Hall–Kier alpha value is -0.580. The Balaban J connectivity index is 3.33. The maximum atomic E-state index is 11.5. The topological polar surface area (TPSA) is 66.8 Å². The molecule has 2 unspecified atom stereocenters. The Kier molecular flexibility index (Phi) is 18.8.